The number of amides is 1. The number of hydrogen-bond acceptors (Lipinski definition) is 6. The highest BCUT2D eigenvalue weighted by Crippen LogP contribution is 2.28. The number of ether oxygens (including phenoxy) is 2. The zero-order valence-electron chi connectivity index (χ0n) is 20.7. The van der Waals surface area contributed by atoms with Gasteiger partial charge in [-0.1, -0.05) is 36.4 Å². The summed E-state index contributed by atoms with van der Waals surface area (Å²) in [5, 5.41) is 7.49. The Morgan fingerprint density at radius 3 is 1.86 bits per heavy atom. The van der Waals surface area contributed by atoms with E-state index in [1.54, 1.807) is 49.9 Å². The van der Waals surface area contributed by atoms with Gasteiger partial charge in [-0.05, 0) is 56.9 Å². The smallest absolute Gasteiger partial charge is 0.347 e. The molecule has 1 aliphatic heterocycles. The first-order valence-electron chi connectivity index (χ1n) is 11.6. The summed E-state index contributed by atoms with van der Waals surface area (Å²) in [5.41, 5.74) is 7.94. The summed E-state index contributed by atoms with van der Waals surface area (Å²) in [6.07, 6.45) is 0.0881. The molecule has 3 N–H and O–H groups in total. The van der Waals surface area contributed by atoms with Crippen molar-refractivity contribution in [3.63, 3.8) is 0 Å². The zero-order valence-corrected chi connectivity index (χ0v) is 20.7. The van der Waals surface area contributed by atoms with E-state index >= 15 is 0 Å². The summed E-state index contributed by atoms with van der Waals surface area (Å²) in [6.45, 7) is 6.11. The maximum atomic E-state index is 13.1. The van der Waals surface area contributed by atoms with Crippen LogP contribution in [0.25, 0.3) is 11.1 Å². The van der Waals surface area contributed by atoms with Gasteiger partial charge in [0.2, 0.25) is 6.10 Å². The molecule has 0 aliphatic carbocycles. The molecule has 8 heteroatoms. The number of nitrogen functional groups attached to an aromatic ring is 1. The van der Waals surface area contributed by atoms with Gasteiger partial charge in [0.15, 0.2) is 0 Å². The molecule has 186 valence electrons. The molecule has 0 spiro atoms. The predicted molar refractivity (Wildman–Crippen MR) is 133 cm³/mol. The Kier molecular flexibility index (Phi) is 7.94. The van der Waals surface area contributed by atoms with E-state index in [0.717, 1.165) is 11.1 Å². The lowest BCUT2D eigenvalue weighted by Crippen LogP contribution is -2.45. The Morgan fingerprint density at radius 2 is 1.43 bits per heavy atom. The number of hydrogen-bond donors (Lipinski definition) is 2. The molecule has 1 unspecified atom stereocenters. The molecule has 0 bridgehead atoms. The van der Waals surface area contributed by atoms with Crippen LogP contribution in [-0.2, 0) is 19.1 Å². The molecule has 1 amide bonds. The van der Waals surface area contributed by atoms with Crippen LogP contribution in [0.15, 0.2) is 48.5 Å². The number of benzene rings is 2. The quantitative estimate of drug-likeness (QED) is 0.371. The van der Waals surface area contributed by atoms with Gasteiger partial charge in [0.1, 0.15) is 5.84 Å². The number of carbonyl (C=O) groups is 3. The van der Waals surface area contributed by atoms with Gasteiger partial charge < -0.3 is 20.1 Å². The number of carbonyl (C=O) groups excluding carboxylic acids is 3. The first kappa shape index (κ1) is 25.9. The molecule has 8 nitrogen and oxygen atoms in total. The summed E-state index contributed by atoms with van der Waals surface area (Å²) in [5.74, 6) is -1.30. The molecule has 0 radical (unpaired) electrons. The van der Waals surface area contributed by atoms with E-state index < -0.39 is 23.5 Å². The molecule has 1 atom stereocenters. The van der Waals surface area contributed by atoms with Crippen LogP contribution in [0.2, 0.25) is 0 Å². The lowest BCUT2D eigenvalue weighted by molar-refractivity contribution is -0.176. The standard InChI is InChI=1S/C27H33N3O5/c1-27(2,3)26(33)35-22(25(32)34-4)19-13-15-30(16-14-19)24(31)21-11-7-18(8-12-21)17-5-9-20(10-6-17)23(28)29/h5-12,19,22H,13-16H2,1-4H3,(H3,28,29). The molecule has 0 saturated carbocycles. The van der Waals surface area contributed by atoms with Gasteiger partial charge in [-0.15, -0.1) is 0 Å². The second-order valence-electron chi connectivity index (χ2n) is 9.80. The highest BCUT2D eigenvalue weighted by atomic mass is 16.6. The fourth-order valence-corrected chi connectivity index (χ4v) is 3.98. The Morgan fingerprint density at radius 1 is 0.943 bits per heavy atom. The van der Waals surface area contributed by atoms with E-state index in [9.17, 15) is 14.4 Å². The van der Waals surface area contributed by atoms with Crippen LogP contribution >= 0.6 is 0 Å². The van der Waals surface area contributed by atoms with E-state index in [1.165, 1.54) is 7.11 Å². The minimum Gasteiger partial charge on any atom is -0.466 e. The topological polar surface area (TPSA) is 123 Å². The third-order valence-corrected chi connectivity index (χ3v) is 6.20. The molecule has 0 aromatic heterocycles. The second-order valence-corrected chi connectivity index (χ2v) is 9.80. The van der Waals surface area contributed by atoms with Gasteiger partial charge in [-0.25, -0.2) is 4.79 Å². The number of methoxy groups -OCH3 is 1. The van der Waals surface area contributed by atoms with Gasteiger partial charge in [0.25, 0.3) is 5.91 Å². The van der Waals surface area contributed by atoms with Crippen molar-refractivity contribution in [2.45, 2.75) is 39.7 Å². The highest BCUT2D eigenvalue weighted by Gasteiger charge is 2.38. The van der Waals surface area contributed by atoms with E-state index in [-0.39, 0.29) is 17.7 Å². The van der Waals surface area contributed by atoms with Crippen molar-refractivity contribution in [2.75, 3.05) is 20.2 Å². The van der Waals surface area contributed by atoms with Crippen molar-refractivity contribution in [1.29, 1.82) is 5.41 Å². The van der Waals surface area contributed by atoms with Crippen molar-refractivity contribution in [1.82, 2.24) is 4.90 Å². The third-order valence-electron chi connectivity index (χ3n) is 6.20. The summed E-state index contributed by atoms with van der Waals surface area (Å²) >= 11 is 0. The van der Waals surface area contributed by atoms with Crippen molar-refractivity contribution < 1.29 is 23.9 Å². The first-order chi connectivity index (χ1) is 16.5. The summed E-state index contributed by atoms with van der Waals surface area (Å²) in [4.78, 5) is 39.5. The summed E-state index contributed by atoms with van der Waals surface area (Å²) < 4.78 is 10.4. The van der Waals surface area contributed by atoms with E-state index in [2.05, 4.69) is 0 Å². The molecule has 1 aliphatic rings. The van der Waals surface area contributed by atoms with Crippen LogP contribution < -0.4 is 5.73 Å². The Bertz CT molecular complexity index is 1080. The van der Waals surface area contributed by atoms with Gasteiger partial charge >= 0.3 is 11.9 Å². The number of nitrogens with one attached hydrogen (secondary N) is 1. The number of nitrogens with two attached hydrogens (primary N) is 1. The number of amidine groups is 1. The fraction of sp³-hybridized carbons (Fsp3) is 0.407. The lowest BCUT2D eigenvalue weighted by atomic mass is 9.90. The Labute approximate surface area is 205 Å². The SMILES string of the molecule is COC(=O)C(OC(=O)C(C)(C)C)C1CCN(C(=O)c2ccc(-c3ccc(C(=N)N)cc3)cc2)CC1. The molecule has 1 saturated heterocycles. The average molecular weight is 480 g/mol. The molecule has 3 rings (SSSR count). The minimum atomic E-state index is -0.974. The van der Waals surface area contributed by atoms with E-state index in [1.807, 2.05) is 24.3 Å². The summed E-state index contributed by atoms with van der Waals surface area (Å²) in [7, 11) is 1.28. The minimum absolute atomic E-state index is 0.0199. The van der Waals surface area contributed by atoms with Crippen LogP contribution in [0.1, 0.15) is 49.5 Å². The zero-order chi connectivity index (χ0) is 25.8. The van der Waals surface area contributed by atoms with Crippen molar-refractivity contribution in [3.8, 4) is 11.1 Å². The molecule has 35 heavy (non-hydrogen) atoms. The van der Waals surface area contributed by atoms with Crippen molar-refractivity contribution in [2.24, 2.45) is 17.1 Å². The molecule has 2 aromatic rings. The van der Waals surface area contributed by atoms with Gasteiger partial charge in [-0.2, -0.15) is 0 Å². The number of piperidine rings is 1. The second kappa shape index (κ2) is 10.7. The Hall–Kier alpha value is -3.68. The maximum absolute atomic E-state index is 13.1. The van der Waals surface area contributed by atoms with Crippen LogP contribution in [0.3, 0.4) is 0 Å². The van der Waals surface area contributed by atoms with E-state index in [4.69, 9.17) is 20.6 Å². The Balaban J connectivity index is 1.63. The maximum Gasteiger partial charge on any atom is 0.347 e. The highest BCUT2D eigenvalue weighted by molar-refractivity contribution is 5.96. The predicted octanol–water partition coefficient (Wildman–Crippen LogP) is 3.62. The van der Waals surface area contributed by atoms with Crippen LogP contribution in [-0.4, -0.2) is 54.9 Å². The number of esters is 2. The van der Waals surface area contributed by atoms with Crippen molar-refractivity contribution in [3.05, 3.63) is 59.7 Å². The average Bonchev–Trinajstić information content (AvgIpc) is 2.86. The number of likely N-dealkylation sites (tertiary alicyclic amines) is 1. The van der Waals surface area contributed by atoms with Crippen molar-refractivity contribution >= 4 is 23.7 Å². The number of rotatable bonds is 6. The summed E-state index contributed by atoms with van der Waals surface area (Å²) in [6, 6.07) is 14.7. The van der Waals surface area contributed by atoms with E-state index in [0.29, 0.717) is 37.1 Å². The molecule has 1 heterocycles. The van der Waals surface area contributed by atoms with Crippen LogP contribution in [0.4, 0.5) is 0 Å². The monoisotopic (exact) mass is 479 g/mol. The fourth-order valence-electron chi connectivity index (χ4n) is 3.98. The largest absolute Gasteiger partial charge is 0.466 e. The normalized spacial score (nSPS) is 15.3. The first-order valence-corrected chi connectivity index (χ1v) is 11.6. The third kappa shape index (κ3) is 6.26. The molecular weight excluding hydrogens is 446 g/mol. The molecule has 1 fully saturated rings. The molecular formula is C27H33N3O5. The van der Waals surface area contributed by atoms with Gasteiger partial charge in [0.05, 0.1) is 12.5 Å². The van der Waals surface area contributed by atoms with Gasteiger partial charge in [0, 0.05) is 30.1 Å². The van der Waals surface area contributed by atoms with Crippen LogP contribution in [0.5, 0.6) is 0 Å². The van der Waals surface area contributed by atoms with Crippen LogP contribution in [0, 0.1) is 16.7 Å². The number of nitrogens with zero attached hydrogens (tertiary/aromatic N) is 1. The van der Waals surface area contributed by atoms with Gasteiger partial charge in [-0.3, -0.25) is 15.0 Å². The molecule has 2 aromatic carbocycles. The lowest BCUT2D eigenvalue weighted by Gasteiger charge is -2.35.